The van der Waals surface area contributed by atoms with Crippen LogP contribution >= 0.6 is 0 Å². The molecule has 12 aliphatic carbocycles. The Morgan fingerprint density at radius 2 is 0.759 bits per heavy atom. The van der Waals surface area contributed by atoms with E-state index in [1.807, 2.05) is 14.2 Å². The fourth-order valence-electron chi connectivity index (χ4n) is 21.1. The third-order valence-electron chi connectivity index (χ3n) is 24.4. The largest absolute Gasteiger partial charge is 0.390 e. The molecule has 4 nitrogen and oxygen atoms in total. The lowest BCUT2D eigenvalue weighted by Gasteiger charge is -2.48. The summed E-state index contributed by atoms with van der Waals surface area (Å²) in [5, 5.41) is 21.0. The number of ether oxygens (including phenoxy) is 2. The first-order valence-electron chi connectivity index (χ1n) is 25.5. The van der Waals surface area contributed by atoms with Gasteiger partial charge in [-0.3, -0.25) is 0 Å². The molecule has 0 spiro atoms. The van der Waals surface area contributed by atoms with E-state index in [1.165, 1.54) is 89.9 Å². The summed E-state index contributed by atoms with van der Waals surface area (Å²) in [6.45, 7) is 28.2. The first-order valence-corrected chi connectivity index (χ1v) is 25.5. The topological polar surface area (TPSA) is 58.9 Å². The van der Waals surface area contributed by atoms with E-state index in [2.05, 4.69) is 83.1 Å². The highest BCUT2D eigenvalue weighted by molar-refractivity contribution is 5.20. The summed E-state index contributed by atoms with van der Waals surface area (Å²) in [6.07, 6.45) is 21.7. The van der Waals surface area contributed by atoms with Gasteiger partial charge in [0.05, 0.1) is 22.4 Å². The fraction of sp³-hybridized carbons (Fsp3) is 1.00. The van der Waals surface area contributed by atoms with Crippen LogP contribution in [0.5, 0.6) is 0 Å². The van der Waals surface area contributed by atoms with Gasteiger partial charge < -0.3 is 19.7 Å². The van der Waals surface area contributed by atoms with Gasteiger partial charge in [-0.1, -0.05) is 68.2 Å². The minimum absolute atomic E-state index is 0.164. The summed E-state index contributed by atoms with van der Waals surface area (Å²) < 4.78 is 11.8. The number of methoxy groups -OCH3 is 2. The monoisotopic (exact) mass is 805 g/mol. The molecule has 2 N–H and O–H groups in total. The van der Waals surface area contributed by atoms with Gasteiger partial charge in [-0.25, -0.2) is 0 Å². The quantitative estimate of drug-likeness (QED) is 0.292. The summed E-state index contributed by atoms with van der Waals surface area (Å²) in [7, 11) is 3.83. The number of hydrogen-bond donors (Lipinski definition) is 2. The zero-order chi connectivity index (χ0) is 42.0. The van der Waals surface area contributed by atoms with E-state index < -0.39 is 0 Å². The first kappa shape index (κ1) is 43.1. The van der Waals surface area contributed by atoms with Gasteiger partial charge >= 0.3 is 0 Å². The zero-order valence-electron chi connectivity index (χ0n) is 40.3. The molecule has 4 heteroatoms. The van der Waals surface area contributed by atoms with E-state index in [0.717, 1.165) is 108 Å². The van der Waals surface area contributed by atoms with Crippen molar-refractivity contribution in [2.75, 3.05) is 14.2 Å². The summed E-state index contributed by atoms with van der Waals surface area (Å²) >= 11 is 0. The first-order chi connectivity index (χ1) is 26.9. The highest BCUT2D eigenvalue weighted by atomic mass is 16.5. The lowest BCUT2D eigenvalue weighted by Crippen LogP contribution is -2.49. The Kier molecular flexibility index (Phi) is 10.2. The lowest BCUT2D eigenvalue weighted by atomic mass is 9.62. The maximum absolute atomic E-state index is 10.5. The standard InChI is InChI=1S/2C14H24O.2C13H22O/c1-9-5-11-10-7-13(2,12(11)6-9)14(3,8-10)15-4;1-9-5-6-11-10-7-13(2,12(9)11)14(3,8-10)15-4;1-8-4-10-9-6-12(2,11(10)5-8)13(3,14)7-9;1-8-4-5-10-9-6-12(2,11(8)10)13(3,14)7-9/h2*9-12H,5-8H2,1-4H3;2*8-11,14H,4-7H2,1-3H3. The van der Waals surface area contributed by atoms with Gasteiger partial charge in [0.25, 0.3) is 0 Å². The average Bonchev–Trinajstić information content (AvgIpc) is 3.99. The molecule has 12 aliphatic rings. The van der Waals surface area contributed by atoms with Crippen molar-refractivity contribution < 1.29 is 19.7 Å². The molecule has 0 aliphatic heterocycles. The van der Waals surface area contributed by atoms with Crippen molar-refractivity contribution in [2.45, 2.75) is 208 Å². The van der Waals surface area contributed by atoms with Crippen molar-refractivity contribution in [2.24, 2.45) is 116 Å². The second-order valence-corrected chi connectivity index (χ2v) is 26.9. The Morgan fingerprint density at radius 3 is 1.28 bits per heavy atom. The minimum atomic E-state index is -0.378. The van der Waals surface area contributed by atoms with E-state index in [4.69, 9.17) is 9.47 Å². The van der Waals surface area contributed by atoms with Crippen LogP contribution in [0.25, 0.3) is 0 Å². The third kappa shape index (κ3) is 5.69. The molecule has 12 rings (SSSR count). The molecular formula is C54H92O4. The third-order valence-corrected chi connectivity index (χ3v) is 24.4. The maximum atomic E-state index is 10.5. The van der Waals surface area contributed by atoms with Crippen LogP contribution in [0, 0.1) is 116 Å². The molecular weight excluding hydrogens is 713 g/mol. The highest BCUT2D eigenvalue weighted by Gasteiger charge is 2.70. The second kappa shape index (κ2) is 13.7. The number of hydrogen-bond acceptors (Lipinski definition) is 4. The van der Waals surface area contributed by atoms with Crippen LogP contribution in [0.4, 0.5) is 0 Å². The van der Waals surface area contributed by atoms with E-state index in [9.17, 15) is 10.2 Å². The normalized spacial score (nSPS) is 64.1. The van der Waals surface area contributed by atoms with Crippen LogP contribution in [0.15, 0.2) is 0 Å². The van der Waals surface area contributed by atoms with E-state index in [0.29, 0.717) is 10.8 Å². The maximum Gasteiger partial charge on any atom is 0.0709 e. The predicted octanol–water partition coefficient (Wildman–Crippen LogP) is 12.6. The SMILES string of the molecule is CC1CC2C3CC(C)(O)C(C)(C3)C2C1.CC1CCC2C3CC(C)(O)C(C)(C3)C12.COC1(C)CC2CC1(C)C1C(C)CCC21.COC1(C)CC2CC1(C)C1CC(C)CC21. The number of aliphatic hydroxyl groups is 2. The number of rotatable bonds is 2. The van der Waals surface area contributed by atoms with Crippen molar-refractivity contribution in [3.8, 4) is 0 Å². The Labute approximate surface area is 357 Å². The summed E-state index contributed by atoms with van der Waals surface area (Å²) in [5.74, 6) is 14.8. The summed E-state index contributed by atoms with van der Waals surface area (Å²) in [4.78, 5) is 0. The summed E-state index contributed by atoms with van der Waals surface area (Å²) in [5.41, 5.74) is 1.00. The molecule has 0 aromatic rings. The molecule has 0 aromatic heterocycles. The van der Waals surface area contributed by atoms with Crippen molar-refractivity contribution in [1.29, 1.82) is 0 Å². The smallest absolute Gasteiger partial charge is 0.0709 e. The van der Waals surface area contributed by atoms with Crippen molar-refractivity contribution >= 4 is 0 Å². The molecule has 58 heavy (non-hydrogen) atoms. The van der Waals surface area contributed by atoms with Crippen molar-refractivity contribution in [3.05, 3.63) is 0 Å². The van der Waals surface area contributed by atoms with Crippen molar-refractivity contribution in [3.63, 3.8) is 0 Å². The fourth-order valence-corrected chi connectivity index (χ4v) is 21.1. The van der Waals surface area contributed by atoms with Gasteiger partial charge in [0, 0.05) is 14.2 Å². The van der Waals surface area contributed by atoms with E-state index in [1.54, 1.807) is 0 Å². The van der Waals surface area contributed by atoms with Gasteiger partial charge in [-0.05, 0) is 234 Å². The van der Waals surface area contributed by atoms with Gasteiger partial charge in [0.2, 0.25) is 0 Å². The molecule has 24 unspecified atom stereocenters. The van der Waals surface area contributed by atoms with Crippen LogP contribution in [0.1, 0.15) is 186 Å². The molecule has 0 saturated heterocycles. The minimum Gasteiger partial charge on any atom is -0.390 e. The van der Waals surface area contributed by atoms with Crippen LogP contribution in [0.3, 0.4) is 0 Å². The molecule has 0 radical (unpaired) electrons. The highest BCUT2D eigenvalue weighted by Crippen LogP contribution is 2.74. The molecule has 332 valence electrons. The van der Waals surface area contributed by atoms with Crippen LogP contribution in [-0.2, 0) is 9.47 Å². The molecule has 0 aromatic carbocycles. The Bertz CT molecular complexity index is 1560. The van der Waals surface area contributed by atoms with Gasteiger partial charge in [-0.2, -0.15) is 0 Å². The molecule has 24 atom stereocenters. The molecule has 0 heterocycles. The van der Waals surface area contributed by atoms with E-state index in [-0.39, 0.29) is 33.2 Å². The molecule has 0 amide bonds. The molecule has 8 bridgehead atoms. The van der Waals surface area contributed by atoms with Gasteiger partial charge in [-0.15, -0.1) is 0 Å². The molecule has 12 saturated carbocycles. The number of fused-ring (bicyclic) bond motifs is 20. The summed E-state index contributed by atoms with van der Waals surface area (Å²) in [6, 6.07) is 0. The zero-order valence-corrected chi connectivity index (χ0v) is 40.3. The van der Waals surface area contributed by atoms with E-state index >= 15 is 0 Å². The van der Waals surface area contributed by atoms with Crippen molar-refractivity contribution in [1.82, 2.24) is 0 Å². The Hall–Kier alpha value is -0.160. The predicted molar refractivity (Wildman–Crippen MR) is 237 cm³/mol. The van der Waals surface area contributed by atoms with Gasteiger partial charge in [0.1, 0.15) is 0 Å². The second-order valence-electron chi connectivity index (χ2n) is 26.9. The average molecular weight is 805 g/mol. The lowest BCUT2D eigenvalue weighted by molar-refractivity contribution is -0.121. The van der Waals surface area contributed by atoms with Crippen LogP contribution < -0.4 is 0 Å². The van der Waals surface area contributed by atoms with Crippen LogP contribution in [0.2, 0.25) is 0 Å². The van der Waals surface area contributed by atoms with Crippen LogP contribution in [-0.4, -0.2) is 46.8 Å². The molecule has 12 fully saturated rings. The Balaban J connectivity index is 0.000000100. The van der Waals surface area contributed by atoms with Gasteiger partial charge in [0.15, 0.2) is 0 Å². The Morgan fingerprint density at radius 1 is 0.397 bits per heavy atom.